The number of hydrogen-bond acceptors (Lipinski definition) is 7. The first-order valence-corrected chi connectivity index (χ1v) is 14.1. The van der Waals surface area contributed by atoms with Gasteiger partial charge >= 0.3 is 0 Å². The van der Waals surface area contributed by atoms with E-state index < -0.39 is 17.5 Å². The van der Waals surface area contributed by atoms with Gasteiger partial charge in [-0.3, -0.25) is 14.4 Å². The summed E-state index contributed by atoms with van der Waals surface area (Å²) in [5.41, 5.74) is 7.46. The predicted molar refractivity (Wildman–Crippen MR) is 149 cm³/mol. The van der Waals surface area contributed by atoms with Crippen LogP contribution in [0.25, 0.3) is 10.9 Å². The summed E-state index contributed by atoms with van der Waals surface area (Å²) in [4.78, 5) is 51.3. The van der Waals surface area contributed by atoms with Crippen LogP contribution in [0.5, 0.6) is 0 Å². The molecular formula is C27H33ClN6O3S. The van der Waals surface area contributed by atoms with Crippen LogP contribution in [0.15, 0.2) is 24.3 Å². The number of carbonyl (C=O) groups is 3. The van der Waals surface area contributed by atoms with Crippen LogP contribution < -0.4 is 16.4 Å². The summed E-state index contributed by atoms with van der Waals surface area (Å²) in [7, 11) is 2.04. The summed E-state index contributed by atoms with van der Waals surface area (Å²) in [5, 5.41) is 7.68. The molecule has 5 rings (SSSR count). The van der Waals surface area contributed by atoms with Crippen molar-refractivity contribution in [2.45, 2.75) is 63.7 Å². The molecular weight excluding hydrogens is 524 g/mol. The number of rotatable bonds is 6. The zero-order valence-electron chi connectivity index (χ0n) is 21.8. The van der Waals surface area contributed by atoms with Crippen LogP contribution in [0.1, 0.15) is 64.0 Å². The molecule has 3 heterocycles. The minimum atomic E-state index is -1.49. The number of nitrogens with one attached hydrogen (secondary N) is 3. The summed E-state index contributed by atoms with van der Waals surface area (Å²) < 4.78 is 0. The second-order valence-corrected chi connectivity index (χ2v) is 12.3. The maximum atomic E-state index is 14.0. The number of carbonyl (C=O) groups excluding carboxylic acids is 3. The van der Waals surface area contributed by atoms with Crippen LogP contribution in [0.4, 0.5) is 0 Å². The lowest BCUT2D eigenvalue weighted by atomic mass is 9.69. The van der Waals surface area contributed by atoms with E-state index in [1.165, 1.54) is 11.3 Å². The van der Waals surface area contributed by atoms with E-state index in [9.17, 15) is 14.4 Å². The lowest BCUT2D eigenvalue weighted by Gasteiger charge is -2.42. The van der Waals surface area contributed by atoms with E-state index in [1.54, 1.807) is 24.3 Å². The SMILES string of the molecule is CC(C)NC(=O)C1CCC(NC(=O)c2nc3c(s2)CN(C)CC3)C(N)(C(=O)c2cc3cc(Cl)ccc3[nH]2)C1. The van der Waals surface area contributed by atoms with Crippen molar-refractivity contribution < 1.29 is 14.4 Å². The van der Waals surface area contributed by atoms with Crippen LogP contribution in [0, 0.1) is 5.92 Å². The van der Waals surface area contributed by atoms with Gasteiger partial charge in [0.05, 0.1) is 17.4 Å². The molecule has 11 heteroatoms. The smallest absolute Gasteiger partial charge is 0.280 e. The molecule has 3 atom stereocenters. The van der Waals surface area contributed by atoms with Gasteiger partial charge in [-0.25, -0.2) is 4.98 Å². The number of likely N-dealkylation sites (N-methyl/N-ethyl adjacent to an activating group) is 1. The minimum absolute atomic E-state index is 0.0313. The second kappa shape index (κ2) is 10.4. The Morgan fingerprint density at radius 3 is 2.82 bits per heavy atom. The van der Waals surface area contributed by atoms with Gasteiger partial charge in [0.1, 0.15) is 5.54 Å². The molecule has 9 nitrogen and oxygen atoms in total. The average Bonchev–Trinajstić information content (AvgIpc) is 3.47. The fourth-order valence-corrected chi connectivity index (χ4v) is 6.74. The van der Waals surface area contributed by atoms with Gasteiger partial charge in [-0.1, -0.05) is 11.6 Å². The molecule has 1 saturated carbocycles. The number of Topliss-reactive ketones (excluding diaryl/α,β-unsaturated/α-hetero) is 1. The van der Waals surface area contributed by atoms with E-state index >= 15 is 0 Å². The quantitative estimate of drug-likeness (QED) is 0.344. The molecule has 2 amide bonds. The number of aromatic nitrogens is 2. The first-order chi connectivity index (χ1) is 18.0. The zero-order chi connectivity index (χ0) is 27.2. The van der Waals surface area contributed by atoms with Crippen molar-refractivity contribution in [1.82, 2.24) is 25.5 Å². The van der Waals surface area contributed by atoms with E-state index in [0.29, 0.717) is 28.6 Å². The van der Waals surface area contributed by atoms with Crippen LogP contribution in [0.3, 0.4) is 0 Å². The molecule has 0 bridgehead atoms. The van der Waals surface area contributed by atoms with E-state index in [2.05, 4.69) is 25.5 Å². The van der Waals surface area contributed by atoms with Crippen molar-refractivity contribution in [3.05, 3.63) is 50.6 Å². The number of nitrogens with zero attached hydrogens (tertiary/aromatic N) is 2. The highest BCUT2D eigenvalue weighted by Gasteiger charge is 2.50. The number of hydrogen-bond donors (Lipinski definition) is 4. The molecule has 38 heavy (non-hydrogen) atoms. The Morgan fingerprint density at radius 1 is 1.26 bits per heavy atom. The highest BCUT2D eigenvalue weighted by Crippen LogP contribution is 2.35. The van der Waals surface area contributed by atoms with Crippen LogP contribution >= 0.6 is 22.9 Å². The van der Waals surface area contributed by atoms with E-state index in [4.69, 9.17) is 17.3 Å². The molecule has 202 valence electrons. The molecule has 2 aromatic heterocycles. The van der Waals surface area contributed by atoms with Crippen LogP contribution in [-0.4, -0.2) is 63.7 Å². The van der Waals surface area contributed by atoms with Crippen LogP contribution in [-0.2, 0) is 17.8 Å². The fraction of sp³-hybridized carbons (Fsp3) is 0.481. The number of ketones is 1. The molecule has 2 aliphatic rings. The number of amides is 2. The normalized spacial score (nSPS) is 23.8. The highest BCUT2D eigenvalue weighted by atomic mass is 35.5. The van der Waals surface area contributed by atoms with E-state index in [-0.39, 0.29) is 30.1 Å². The Bertz CT molecular complexity index is 1400. The Hall–Kier alpha value is -2.79. The van der Waals surface area contributed by atoms with Gasteiger partial charge in [-0.15, -0.1) is 11.3 Å². The minimum Gasteiger partial charge on any atom is -0.354 e. The predicted octanol–water partition coefficient (Wildman–Crippen LogP) is 3.27. The van der Waals surface area contributed by atoms with E-state index in [0.717, 1.165) is 41.0 Å². The van der Waals surface area contributed by atoms with Crippen molar-refractivity contribution in [2.24, 2.45) is 11.7 Å². The molecule has 3 aromatic rings. The molecule has 0 saturated heterocycles. The Kier molecular flexibility index (Phi) is 7.34. The number of H-pyrrole nitrogens is 1. The Morgan fingerprint density at radius 2 is 2.05 bits per heavy atom. The van der Waals surface area contributed by atoms with Crippen molar-refractivity contribution >= 4 is 51.4 Å². The third-order valence-electron chi connectivity index (χ3n) is 7.48. The molecule has 1 aliphatic carbocycles. The Labute approximate surface area is 230 Å². The number of fused-ring (bicyclic) bond motifs is 2. The number of benzene rings is 1. The summed E-state index contributed by atoms with van der Waals surface area (Å²) in [6, 6.07) is 6.35. The average molecular weight is 557 g/mol. The fourth-order valence-electron chi connectivity index (χ4n) is 5.47. The molecule has 1 aliphatic heterocycles. The molecule has 5 N–H and O–H groups in total. The highest BCUT2D eigenvalue weighted by molar-refractivity contribution is 7.13. The van der Waals surface area contributed by atoms with E-state index in [1.807, 2.05) is 20.9 Å². The van der Waals surface area contributed by atoms with Gasteiger partial charge < -0.3 is 26.3 Å². The number of aromatic amines is 1. The van der Waals surface area contributed by atoms with Crippen LogP contribution in [0.2, 0.25) is 5.02 Å². The number of halogens is 1. The lowest BCUT2D eigenvalue weighted by molar-refractivity contribution is -0.127. The molecule has 0 spiro atoms. The summed E-state index contributed by atoms with van der Waals surface area (Å²) in [6.45, 7) is 5.45. The zero-order valence-corrected chi connectivity index (χ0v) is 23.3. The molecule has 3 unspecified atom stereocenters. The summed E-state index contributed by atoms with van der Waals surface area (Å²) >= 11 is 7.52. The molecule has 0 radical (unpaired) electrons. The van der Waals surface area contributed by atoms with Gasteiger partial charge in [-0.05, 0) is 64.4 Å². The summed E-state index contributed by atoms with van der Waals surface area (Å²) in [5.74, 6) is -1.26. The van der Waals surface area contributed by atoms with Crippen molar-refractivity contribution in [2.75, 3.05) is 13.6 Å². The van der Waals surface area contributed by atoms with Gasteiger partial charge in [0, 0.05) is 52.3 Å². The number of thiazole rings is 1. The topological polar surface area (TPSA) is 133 Å². The monoisotopic (exact) mass is 556 g/mol. The maximum absolute atomic E-state index is 14.0. The van der Waals surface area contributed by atoms with Gasteiger partial charge in [-0.2, -0.15) is 0 Å². The molecule has 1 fully saturated rings. The first-order valence-electron chi connectivity index (χ1n) is 12.9. The third kappa shape index (κ3) is 5.22. The largest absolute Gasteiger partial charge is 0.354 e. The second-order valence-electron chi connectivity index (χ2n) is 10.8. The van der Waals surface area contributed by atoms with Gasteiger partial charge in [0.25, 0.3) is 5.91 Å². The van der Waals surface area contributed by atoms with Gasteiger partial charge in [0.2, 0.25) is 11.7 Å². The molecule has 1 aromatic carbocycles. The maximum Gasteiger partial charge on any atom is 0.280 e. The van der Waals surface area contributed by atoms with Crippen molar-refractivity contribution in [3.63, 3.8) is 0 Å². The number of nitrogens with two attached hydrogens (primary N) is 1. The van der Waals surface area contributed by atoms with Gasteiger partial charge in [0.15, 0.2) is 5.01 Å². The first kappa shape index (κ1) is 26.8. The standard InChI is InChI=1S/C27H33ClN6O3S/c1-14(2)30-24(36)15-4-7-22(33-25(37)26-32-19-8-9-34(3)13-21(19)38-26)27(29,12-15)23(35)20-11-16-10-17(28)5-6-18(16)31-20/h5-6,10-11,14-15,22,31H,4,7-9,12-13,29H2,1-3H3,(H,30,36)(H,33,37). The lowest BCUT2D eigenvalue weighted by Crippen LogP contribution is -2.66. The van der Waals surface area contributed by atoms with Crippen molar-refractivity contribution in [3.8, 4) is 0 Å². The third-order valence-corrected chi connectivity index (χ3v) is 8.80. The Balaban J connectivity index is 1.43. The summed E-state index contributed by atoms with van der Waals surface area (Å²) in [6.07, 6.45) is 1.82. The van der Waals surface area contributed by atoms with Crippen molar-refractivity contribution in [1.29, 1.82) is 0 Å².